The summed E-state index contributed by atoms with van der Waals surface area (Å²) in [7, 11) is 0. The van der Waals surface area contributed by atoms with Gasteiger partial charge in [0, 0.05) is 18.0 Å². The summed E-state index contributed by atoms with van der Waals surface area (Å²) >= 11 is 0. The fourth-order valence-electron chi connectivity index (χ4n) is 3.15. The van der Waals surface area contributed by atoms with Crippen molar-refractivity contribution in [2.45, 2.75) is 57.2 Å². The zero-order chi connectivity index (χ0) is 20.5. The molecule has 1 aromatic heterocycles. The van der Waals surface area contributed by atoms with E-state index in [0.29, 0.717) is 23.5 Å². The van der Waals surface area contributed by atoms with Crippen LogP contribution in [-0.4, -0.2) is 27.8 Å². The predicted molar refractivity (Wildman–Crippen MR) is 108 cm³/mol. The third-order valence-electron chi connectivity index (χ3n) is 5.44. The summed E-state index contributed by atoms with van der Waals surface area (Å²) in [6, 6.07) is 4.99. The molecule has 1 fully saturated rings. The number of carbonyl (C=O) groups is 1. The van der Waals surface area contributed by atoms with Crippen molar-refractivity contribution < 1.29 is 18.0 Å². The van der Waals surface area contributed by atoms with E-state index in [2.05, 4.69) is 10.4 Å². The van der Waals surface area contributed by atoms with Crippen molar-refractivity contribution in [2.24, 2.45) is 5.73 Å². The molecule has 9 heteroatoms. The van der Waals surface area contributed by atoms with Gasteiger partial charge in [-0.25, -0.2) is 4.68 Å². The zero-order valence-corrected chi connectivity index (χ0v) is 17.2. The zero-order valence-electron chi connectivity index (χ0n) is 16.4. The molecule has 1 amide bonds. The molecule has 1 heterocycles. The van der Waals surface area contributed by atoms with Crippen molar-refractivity contribution in [3.63, 3.8) is 0 Å². The first-order valence-electron chi connectivity index (χ1n) is 9.51. The highest BCUT2D eigenvalue weighted by Gasteiger charge is 2.35. The van der Waals surface area contributed by atoms with Crippen LogP contribution in [0.5, 0.6) is 0 Å². The molecular weight excluding hydrogens is 405 g/mol. The summed E-state index contributed by atoms with van der Waals surface area (Å²) in [6.07, 6.45) is 0.212. The summed E-state index contributed by atoms with van der Waals surface area (Å²) in [5.41, 5.74) is 6.38. The van der Waals surface area contributed by atoms with Gasteiger partial charge >= 0.3 is 6.18 Å². The Labute approximate surface area is 174 Å². The molecule has 0 atom stereocenters. The smallest absolute Gasteiger partial charge is 0.350 e. The van der Waals surface area contributed by atoms with Crippen LogP contribution in [0.25, 0.3) is 5.69 Å². The molecule has 1 aliphatic carbocycles. The van der Waals surface area contributed by atoms with Gasteiger partial charge in [-0.15, -0.1) is 12.4 Å². The number of carbonyl (C=O) groups excluding carboxylic acids is 1. The minimum atomic E-state index is -4.44. The number of halogens is 4. The Kier molecular flexibility index (Phi) is 7.01. The minimum absolute atomic E-state index is 0. The monoisotopic (exact) mass is 430 g/mol. The Morgan fingerprint density at radius 2 is 1.93 bits per heavy atom. The van der Waals surface area contributed by atoms with Crippen LogP contribution in [0.1, 0.15) is 67.1 Å². The van der Waals surface area contributed by atoms with Gasteiger partial charge in [0.05, 0.1) is 28.7 Å². The van der Waals surface area contributed by atoms with Gasteiger partial charge in [-0.05, 0) is 43.9 Å². The Bertz CT molecular complexity index is 858. The number of aromatic nitrogens is 2. The molecule has 0 spiro atoms. The minimum Gasteiger partial charge on any atom is -0.350 e. The van der Waals surface area contributed by atoms with E-state index in [0.717, 1.165) is 37.8 Å². The molecule has 0 aliphatic heterocycles. The van der Waals surface area contributed by atoms with E-state index in [-0.39, 0.29) is 24.2 Å². The topological polar surface area (TPSA) is 72.9 Å². The number of rotatable bonds is 7. The number of benzene rings is 1. The first-order chi connectivity index (χ1) is 13.2. The number of nitrogens with two attached hydrogens (primary N) is 1. The third-order valence-corrected chi connectivity index (χ3v) is 5.44. The standard InChI is InChI=1S/C20H25F3N4O.ClH/c1-3-19(24,4-2)12-25-18(28)16-11-26-27(17(16)13-8-9-13)15-7-5-6-14(10-15)20(21,22)23;/h5-7,10-11,13H,3-4,8-9,12,24H2,1-2H3,(H,25,28);1H. The fraction of sp³-hybridized carbons (Fsp3) is 0.500. The van der Waals surface area contributed by atoms with Crippen LogP contribution in [0.15, 0.2) is 30.5 Å². The Balaban J connectivity index is 0.00000300. The van der Waals surface area contributed by atoms with E-state index in [1.165, 1.54) is 16.9 Å². The highest BCUT2D eigenvalue weighted by molar-refractivity contribution is 5.95. The number of hydrogen-bond acceptors (Lipinski definition) is 3. The van der Waals surface area contributed by atoms with Crippen molar-refractivity contribution >= 4 is 18.3 Å². The molecule has 0 bridgehead atoms. The lowest BCUT2D eigenvalue weighted by Crippen LogP contribution is -2.49. The number of nitrogens with zero attached hydrogens (tertiary/aromatic N) is 2. The van der Waals surface area contributed by atoms with Gasteiger partial charge in [0.1, 0.15) is 0 Å². The number of nitrogens with one attached hydrogen (secondary N) is 1. The Morgan fingerprint density at radius 1 is 1.28 bits per heavy atom. The molecule has 2 aromatic rings. The molecule has 1 aliphatic rings. The predicted octanol–water partition coefficient (Wildman–Crippen LogP) is 4.44. The molecule has 0 unspecified atom stereocenters. The van der Waals surface area contributed by atoms with Crippen LogP contribution >= 0.6 is 12.4 Å². The normalized spacial score (nSPS) is 14.4. The van der Waals surface area contributed by atoms with Crippen molar-refractivity contribution in [3.05, 3.63) is 47.3 Å². The lowest BCUT2D eigenvalue weighted by molar-refractivity contribution is -0.137. The van der Waals surface area contributed by atoms with Crippen LogP contribution in [0, 0.1) is 0 Å². The maximum Gasteiger partial charge on any atom is 0.416 e. The van der Waals surface area contributed by atoms with E-state index >= 15 is 0 Å². The molecule has 29 heavy (non-hydrogen) atoms. The Hall–Kier alpha value is -2.06. The van der Waals surface area contributed by atoms with Crippen LogP contribution in [0.4, 0.5) is 13.2 Å². The highest BCUT2D eigenvalue weighted by Crippen LogP contribution is 2.42. The number of amides is 1. The lowest BCUT2D eigenvalue weighted by Gasteiger charge is -2.26. The van der Waals surface area contributed by atoms with Crippen LogP contribution in [0.3, 0.4) is 0 Å². The summed E-state index contributed by atoms with van der Waals surface area (Å²) in [6.45, 7) is 4.27. The number of alkyl halides is 3. The average molecular weight is 431 g/mol. The molecule has 3 rings (SSSR count). The van der Waals surface area contributed by atoms with Gasteiger partial charge < -0.3 is 11.1 Å². The Morgan fingerprint density at radius 3 is 2.48 bits per heavy atom. The molecule has 160 valence electrons. The van der Waals surface area contributed by atoms with E-state index < -0.39 is 17.3 Å². The van der Waals surface area contributed by atoms with E-state index in [1.54, 1.807) is 6.07 Å². The van der Waals surface area contributed by atoms with Gasteiger partial charge in [0.15, 0.2) is 0 Å². The van der Waals surface area contributed by atoms with Crippen molar-refractivity contribution in [1.29, 1.82) is 0 Å². The van der Waals surface area contributed by atoms with Gasteiger partial charge in [-0.2, -0.15) is 18.3 Å². The second kappa shape index (κ2) is 8.75. The SMILES string of the molecule is CCC(N)(CC)CNC(=O)c1cnn(-c2cccc(C(F)(F)F)c2)c1C1CC1.Cl. The van der Waals surface area contributed by atoms with Crippen LogP contribution in [-0.2, 0) is 6.18 Å². The quantitative estimate of drug-likeness (QED) is 0.682. The van der Waals surface area contributed by atoms with E-state index in [4.69, 9.17) is 5.73 Å². The average Bonchev–Trinajstić information content (AvgIpc) is 3.43. The molecule has 5 nitrogen and oxygen atoms in total. The first-order valence-corrected chi connectivity index (χ1v) is 9.51. The highest BCUT2D eigenvalue weighted by atomic mass is 35.5. The molecule has 1 aromatic carbocycles. The fourth-order valence-corrected chi connectivity index (χ4v) is 3.15. The van der Waals surface area contributed by atoms with Crippen LogP contribution in [0.2, 0.25) is 0 Å². The van der Waals surface area contributed by atoms with Gasteiger partial charge in [-0.1, -0.05) is 19.9 Å². The van der Waals surface area contributed by atoms with Gasteiger partial charge in [-0.3, -0.25) is 4.79 Å². The summed E-state index contributed by atoms with van der Waals surface area (Å²) in [5, 5.41) is 7.10. The maximum atomic E-state index is 13.1. The third kappa shape index (κ3) is 5.11. The lowest BCUT2D eigenvalue weighted by atomic mass is 9.94. The molecule has 1 saturated carbocycles. The van der Waals surface area contributed by atoms with Crippen molar-refractivity contribution in [2.75, 3.05) is 6.54 Å². The van der Waals surface area contributed by atoms with Crippen molar-refractivity contribution in [3.8, 4) is 5.69 Å². The summed E-state index contributed by atoms with van der Waals surface area (Å²) in [4.78, 5) is 12.7. The second-order valence-electron chi connectivity index (χ2n) is 7.43. The summed E-state index contributed by atoms with van der Waals surface area (Å²) in [5.74, 6) is -0.172. The van der Waals surface area contributed by atoms with Crippen molar-refractivity contribution in [1.82, 2.24) is 15.1 Å². The maximum absolute atomic E-state index is 13.1. The van der Waals surface area contributed by atoms with Crippen LogP contribution < -0.4 is 11.1 Å². The molecule has 3 N–H and O–H groups in total. The first kappa shape index (κ1) is 23.2. The largest absolute Gasteiger partial charge is 0.416 e. The molecular formula is C20H26ClF3N4O. The van der Waals surface area contributed by atoms with E-state index in [9.17, 15) is 18.0 Å². The number of hydrogen-bond donors (Lipinski definition) is 2. The van der Waals surface area contributed by atoms with Gasteiger partial charge in [0.25, 0.3) is 5.91 Å². The molecule has 0 saturated heterocycles. The second-order valence-corrected chi connectivity index (χ2v) is 7.43. The summed E-state index contributed by atoms with van der Waals surface area (Å²) < 4.78 is 40.6. The molecule has 0 radical (unpaired) electrons. The van der Waals surface area contributed by atoms with E-state index in [1.807, 2.05) is 13.8 Å². The van der Waals surface area contributed by atoms with Gasteiger partial charge in [0.2, 0.25) is 0 Å².